The number of hydrogen-bond donors (Lipinski definition) is 1. The predicted octanol–water partition coefficient (Wildman–Crippen LogP) is 3.26. The number of fused-ring (bicyclic) bond motifs is 1. The average molecular weight is 347 g/mol. The Labute approximate surface area is 145 Å². The summed E-state index contributed by atoms with van der Waals surface area (Å²) in [6, 6.07) is 9.10. The van der Waals surface area contributed by atoms with Crippen molar-refractivity contribution in [1.29, 1.82) is 0 Å². The van der Waals surface area contributed by atoms with Gasteiger partial charge in [0, 0.05) is 18.2 Å². The number of benzene rings is 1. The molecule has 1 aromatic carbocycles. The number of ether oxygens (including phenoxy) is 2. The Morgan fingerprint density at radius 1 is 1.38 bits per heavy atom. The minimum atomic E-state index is -0.211. The van der Waals surface area contributed by atoms with Gasteiger partial charge in [-0.15, -0.1) is 0 Å². The SMILES string of the molecule is CC1(C)Cc2cccc(OCCNC(=O)c3ccc(Cl)nc3)c2O1. The largest absolute Gasteiger partial charge is 0.488 e. The maximum Gasteiger partial charge on any atom is 0.252 e. The summed E-state index contributed by atoms with van der Waals surface area (Å²) in [5.41, 5.74) is 1.40. The van der Waals surface area contributed by atoms with Gasteiger partial charge in [-0.25, -0.2) is 4.98 Å². The van der Waals surface area contributed by atoms with Gasteiger partial charge in [-0.2, -0.15) is 0 Å². The van der Waals surface area contributed by atoms with Gasteiger partial charge in [-0.1, -0.05) is 23.7 Å². The van der Waals surface area contributed by atoms with Gasteiger partial charge < -0.3 is 14.8 Å². The van der Waals surface area contributed by atoms with Crippen molar-refractivity contribution >= 4 is 17.5 Å². The van der Waals surface area contributed by atoms with Crippen LogP contribution < -0.4 is 14.8 Å². The van der Waals surface area contributed by atoms with Crippen LogP contribution in [-0.2, 0) is 6.42 Å². The van der Waals surface area contributed by atoms with E-state index in [0.717, 1.165) is 17.7 Å². The molecule has 0 saturated heterocycles. The Hall–Kier alpha value is -2.27. The number of nitrogens with one attached hydrogen (secondary N) is 1. The third kappa shape index (κ3) is 3.79. The topological polar surface area (TPSA) is 60.5 Å². The van der Waals surface area contributed by atoms with E-state index in [1.807, 2.05) is 18.2 Å². The molecule has 2 heterocycles. The van der Waals surface area contributed by atoms with Crippen molar-refractivity contribution in [2.24, 2.45) is 0 Å². The molecule has 6 heteroatoms. The van der Waals surface area contributed by atoms with Gasteiger partial charge in [0.15, 0.2) is 11.5 Å². The van der Waals surface area contributed by atoms with Crippen LogP contribution >= 0.6 is 11.6 Å². The Kier molecular flexibility index (Phi) is 4.62. The maximum absolute atomic E-state index is 12.0. The van der Waals surface area contributed by atoms with E-state index >= 15 is 0 Å². The van der Waals surface area contributed by atoms with Crippen LogP contribution in [0.5, 0.6) is 11.5 Å². The normalized spacial score (nSPS) is 14.6. The summed E-state index contributed by atoms with van der Waals surface area (Å²) in [5.74, 6) is 1.30. The monoisotopic (exact) mass is 346 g/mol. The molecular weight excluding hydrogens is 328 g/mol. The summed E-state index contributed by atoms with van der Waals surface area (Å²) in [6.07, 6.45) is 2.30. The van der Waals surface area contributed by atoms with Crippen molar-refractivity contribution in [2.75, 3.05) is 13.2 Å². The molecule has 5 nitrogen and oxygen atoms in total. The number of halogens is 1. The first-order valence-electron chi connectivity index (χ1n) is 7.78. The number of amides is 1. The van der Waals surface area contributed by atoms with Crippen LogP contribution in [0.3, 0.4) is 0 Å². The van der Waals surface area contributed by atoms with Gasteiger partial charge in [0.2, 0.25) is 0 Å². The number of para-hydroxylation sites is 1. The highest BCUT2D eigenvalue weighted by atomic mass is 35.5. The van der Waals surface area contributed by atoms with Crippen molar-refractivity contribution in [3.05, 3.63) is 52.8 Å². The summed E-state index contributed by atoms with van der Waals surface area (Å²) in [5, 5.41) is 3.14. The molecule has 1 aliphatic heterocycles. The van der Waals surface area contributed by atoms with E-state index in [2.05, 4.69) is 24.1 Å². The maximum atomic E-state index is 12.0. The number of pyridine rings is 1. The number of carbonyl (C=O) groups excluding carboxylic acids is 1. The van der Waals surface area contributed by atoms with Crippen molar-refractivity contribution < 1.29 is 14.3 Å². The molecule has 2 aromatic rings. The number of aromatic nitrogens is 1. The Morgan fingerprint density at radius 3 is 2.96 bits per heavy atom. The molecule has 126 valence electrons. The lowest BCUT2D eigenvalue weighted by atomic mass is 10.0. The second kappa shape index (κ2) is 6.69. The second-order valence-electron chi connectivity index (χ2n) is 6.26. The molecule has 0 fully saturated rings. The van der Waals surface area contributed by atoms with Crippen LogP contribution in [0.15, 0.2) is 36.5 Å². The Balaban J connectivity index is 1.52. The van der Waals surface area contributed by atoms with Gasteiger partial charge >= 0.3 is 0 Å². The van der Waals surface area contributed by atoms with Gasteiger partial charge in [-0.3, -0.25) is 4.79 Å². The zero-order valence-corrected chi connectivity index (χ0v) is 14.4. The van der Waals surface area contributed by atoms with Gasteiger partial charge in [0.05, 0.1) is 12.1 Å². The number of rotatable bonds is 5. The molecule has 0 radical (unpaired) electrons. The molecule has 0 atom stereocenters. The lowest BCUT2D eigenvalue weighted by molar-refractivity contribution is 0.0946. The van der Waals surface area contributed by atoms with Gasteiger partial charge in [0.1, 0.15) is 17.4 Å². The first-order valence-corrected chi connectivity index (χ1v) is 8.16. The van der Waals surface area contributed by atoms with Crippen molar-refractivity contribution in [1.82, 2.24) is 10.3 Å². The van der Waals surface area contributed by atoms with Crippen molar-refractivity contribution in [2.45, 2.75) is 25.9 Å². The fourth-order valence-corrected chi connectivity index (χ4v) is 2.75. The molecule has 24 heavy (non-hydrogen) atoms. The molecule has 1 N–H and O–H groups in total. The molecule has 0 spiro atoms. The minimum Gasteiger partial charge on any atom is -0.488 e. The van der Waals surface area contributed by atoms with Crippen LogP contribution in [0.4, 0.5) is 0 Å². The fourth-order valence-electron chi connectivity index (χ4n) is 2.64. The second-order valence-corrected chi connectivity index (χ2v) is 6.64. The molecule has 1 aromatic heterocycles. The highest BCUT2D eigenvalue weighted by Gasteiger charge is 2.32. The predicted molar refractivity (Wildman–Crippen MR) is 91.9 cm³/mol. The van der Waals surface area contributed by atoms with Crippen LogP contribution in [0.2, 0.25) is 5.15 Å². The third-order valence-electron chi connectivity index (χ3n) is 3.69. The molecule has 0 aliphatic carbocycles. The standard InChI is InChI=1S/C18H19ClN2O3/c1-18(2)10-12-4-3-5-14(16(12)24-18)23-9-8-20-17(22)13-6-7-15(19)21-11-13/h3-7,11H,8-10H2,1-2H3,(H,20,22). The summed E-state index contributed by atoms with van der Waals surface area (Å²) in [6.45, 7) is 4.84. The lowest BCUT2D eigenvalue weighted by Crippen LogP contribution is -2.28. The summed E-state index contributed by atoms with van der Waals surface area (Å²) in [7, 11) is 0. The summed E-state index contributed by atoms with van der Waals surface area (Å²) >= 11 is 5.70. The highest BCUT2D eigenvalue weighted by molar-refractivity contribution is 6.29. The smallest absolute Gasteiger partial charge is 0.252 e. The van der Waals surface area contributed by atoms with E-state index < -0.39 is 0 Å². The molecule has 0 bridgehead atoms. The quantitative estimate of drug-likeness (QED) is 0.667. The Morgan fingerprint density at radius 2 is 2.21 bits per heavy atom. The molecule has 1 amide bonds. The molecule has 3 rings (SSSR count). The zero-order chi connectivity index (χ0) is 17.2. The van der Waals surface area contributed by atoms with Crippen LogP contribution in [0.25, 0.3) is 0 Å². The molecule has 1 aliphatic rings. The summed E-state index contributed by atoms with van der Waals surface area (Å²) < 4.78 is 11.7. The third-order valence-corrected chi connectivity index (χ3v) is 3.91. The number of hydrogen-bond acceptors (Lipinski definition) is 4. The zero-order valence-electron chi connectivity index (χ0n) is 13.6. The highest BCUT2D eigenvalue weighted by Crippen LogP contribution is 2.41. The van der Waals surface area contributed by atoms with E-state index in [0.29, 0.717) is 29.6 Å². The average Bonchev–Trinajstić information content (AvgIpc) is 2.86. The molecular formula is C18H19ClN2O3. The van der Waals surface area contributed by atoms with E-state index in [1.54, 1.807) is 12.1 Å². The molecule has 0 unspecified atom stereocenters. The fraction of sp³-hybridized carbons (Fsp3) is 0.333. The molecule has 0 saturated carbocycles. The first-order chi connectivity index (χ1) is 11.4. The van der Waals surface area contributed by atoms with E-state index in [1.165, 1.54) is 6.20 Å². The first kappa shape index (κ1) is 16.6. The van der Waals surface area contributed by atoms with Crippen LogP contribution in [0.1, 0.15) is 29.8 Å². The number of nitrogens with zero attached hydrogens (tertiary/aromatic N) is 1. The minimum absolute atomic E-state index is 0.210. The Bertz CT molecular complexity index is 744. The van der Waals surface area contributed by atoms with E-state index in [4.69, 9.17) is 21.1 Å². The van der Waals surface area contributed by atoms with Gasteiger partial charge in [-0.05, 0) is 32.0 Å². The number of carbonyl (C=O) groups is 1. The van der Waals surface area contributed by atoms with Crippen molar-refractivity contribution in [3.63, 3.8) is 0 Å². The van der Waals surface area contributed by atoms with E-state index in [-0.39, 0.29) is 11.5 Å². The van der Waals surface area contributed by atoms with Crippen LogP contribution in [-0.4, -0.2) is 29.6 Å². The lowest BCUT2D eigenvalue weighted by Gasteiger charge is -2.18. The van der Waals surface area contributed by atoms with Crippen molar-refractivity contribution in [3.8, 4) is 11.5 Å². The van der Waals surface area contributed by atoms with E-state index in [9.17, 15) is 4.79 Å². The van der Waals surface area contributed by atoms with Crippen LogP contribution in [0, 0.1) is 0 Å². The van der Waals surface area contributed by atoms with Gasteiger partial charge in [0.25, 0.3) is 5.91 Å². The summed E-state index contributed by atoms with van der Waals surface area (Å²) in [4.78, 5) is 15.9.